The van der Waals surface area contributed by atoms with E-state index >= 15 is 0 Å². The van der Waals surface area contributed by atoms with Crippen molar-refractivity contribution in [2.75, 3.05) is 36.4 Å². The number of anilines is 2. The lowest BCUT2D eigenvalue weighted by Gasteiger charge is -2.41. The van der Waals surface area contributed by atoms with E-state index in [1.807, 2.05) is 6.07 Å². The van der Waals surface area contributed by atoms with E-state index in [9.17, 15) is 14.7 Å². The average Bonchev–Trinajstić information content (AvgIpc) is 2.80. The maximum absolute atomic E-state index is 12.6. The molecule has 0 bridgehead atoms. The predicted molar refractivity (Wildman–Crippen MR) is 123 cm³/mol. The smallest absolute Gasteiger partial charge is 0.337 e. The first-order chi connectivity index (χ1) is 15.0. The van der Waals surface area contributed by atoms with Gasteiger partial charge < -0.3 is 15.3 Å². The fourth-order valence-corrected chi connectivity index (χ4v) is 4.86. The van der Waals surface area contributed by atoms with Crippen molar-refractivity contribution in [3.8, 4) is 0 Å². The minimum absolute atomic E-state index is 0.0765. The van der Waals surface area contributed by atoms with E-state index in [2.05, 4.69) is 15.1 Å². The highest BCUT2D eigenvalue weighted by Crippen LogP contribution is 2.28. The summed E-state index contributed by atoms with van der Waals surface area (Å²) in [6.45, 7) is 3.75. The molecule has 0 atom stereocenters. The van der Waals surface area contributed by atoms with Crippen molar-refractivity contribution in [1.82, 2.24) is 4.90 Å². The molecule has 1 heterocycles. The van der Waals surface area contributed by atoms with E-state index in [-0.39, 0.29) is 11.3 Å². The molecule has 0 unspecified atom stereocenters. The first kappa shape index (κ1) is 21.7. The third-order valence-corrected chi connectivity index (χ3v) is 6.70. The van der Waals surface area contributed by atoms with Gasteiger partial charge in [-0.1, -0.05) is 43.0 Å². The summed E-state index contributed by atoms with van der Waals surface area (Å²) in [7, 11) is 0. The Kier molecular flexibility index (Phi) is 6.78. The molecule has 0 radical (unpaired) electrons. The second-order valence-corrected chi connectivity index (χ2v) is 8.69. The van der Waals surface area contributed by atoms with Gasteiger partial charge in [-0.2, -0.15) is 0 Å². The molecule has 1 saturated carbocycles. The van der Waals surface area contributed by atoms with Crippen molar-refractivity contribution in [2.24, 2.45) is 0 Å². The molecule has 1 amide bonds. The van der Waals surface area contributed by atoms with Crippen LogP contribution in [0.1, 0.15) is 52.8 Å². The third-order valence-electron chi connectivity index (χ3n) is 6.37. The summed E-state index contributed by atoms with van der Waals surface area (Å²) in [6, 6.07) is 12.6. The van der Waals surface area contributed by atoms with Gasteiger partial charge in [0, 0.05) is 37.9 Å². The van der Waals surface area contributed by atoms with Crippen molar-refractivity contribution in [3.63, 3.8) is 0 Å². The number of carboxylic acids is 1. The molecule has 2 aromatic rings. The molecule has 31 heavy (non-hydrogen) atoms. The lowest BCUT2D eigenvalue weighted by Crippen LogP contribution is -2.50. The Morgan fingerprint density at radius 2 is 1.65 bits per heavy atom. The van der Waals surface area contributed by atoms with Gasteiger partial charge in [0.25, 0.3) is 5.91 Å². The van der Waals surface area contributed by atoms with Crippen molar-refractivity contribution in [2.45, 2.75) is 38.1 Å². The molecule has 164 valence electrons. The summed E-state index contributed by atoms with van der Waals surface area (Å²) in [4.78, 5) is 29.3. The summed E-state index contributed by atoms with van der Waals surface area (Å²) in [5, 5.41) is 12.8. The van der Waals surface area contributed by atoms with Gasteiger partial charge in [0.05, 0.1) is 21.8 Å². The summed E-state index contributed by atoms with van der Waals surface area (Å²) < 4.78 is 0. The average molecular weight is 442 g/mol. The highest BCUT2D eigenvalue weighted by Gasteiger charge is 2.26. The molecule has 2 aliphatic rings. The number of piperazine rings is 1. The van der Waals surface area contributed by atoms with Crippen LogP contribution in [0.25, 0.3) is 0 Å². The Balaban J connectivity index is 1.46. The zero-order chi connectivity index (χ0) is 21.8. The fraction of sp³-hybridized carbons (Fsp3) is 0.417. The maximum Gasteiger partial charge on any atom is 0.337 e. The zero-order valence-corrected chi connectivity index (χ0v) is 18.3. The van der Waals surface area contributed by atoms with Crippen LogP contribution in [-0.4, -0.2) is 54.1 Å². The quantitative estimate of drug-likeness (QED) is 0.700. The molecule has 0 spiro atoms. The highest BCUT2D eigenvalue weighted by molar-refractivity contribution is 6.34. The molecular weight excluding hydrogens is 414 g/mol. The van der Waals surface area contributed by atoms with Crippen LogP contribution in [0, 0.1) is 0 Å². The van der Waals surface area contributed by atoms with Crippen LogP contribution in [0.2, 0.25) is 5.02 Å². The van der Waals surface area contributed by atoms with E-state index in [0.717, 1.165) is 31.9 Å². The molecule has 2 fully saturated rings. The number of nitrogens with one attached hydrogen (secondary N) is 1. The van der Waals surface area contributed by atoms with E-state index in [4.69, 9.17) is 11.6 Å². The van der Waals surface area contributed by atoms with Gasteiger partial charge in [0.2, 0.25) is 0 Å². The SMILES string of the molecule is O=C(Nc1ccc(N2CCN(C3CCCCC3)CC2)cc1C(=O)O)c1ccccc1Cl. The number of rotatable bonds is 5. The van der Waals surface area contributed by atoms with Crippen molar-refractivity contribution >= 4 is 34.9 Å². The molecule has 1 aliphatic heterocycles. The maximum atomic E-state index is 12.6. The molecule has 7 heteroatoms. The van der Waals surface area contributed by atoms with Crippen molar-refractivity contribution in [1.29, 1.82) is 0 Å². The molecule has 0 aromatic heterocycles. The number of carbonyl (C=O) groups excluding carboxylic acids is 1. The molecule has 6 nitrogen and oxygen atoms in total. The lowest BCUT2D eigenvalue weighted by molar-refractivity contribution is 0.0698. The molecular formula is C24H28ClN3O3. The number of nitrogens with zero attached hydrogens (tertiary/aromatic N) is 2. The first-order valence-corrected chi connectivity index (χ1v) is 11.3. The van der Waals surface area contributed by atoms with Crippen LogP contribution in [0.5, 0.6) is 0 Å². The minimum Gasteiger partial charge on any atom is -0.478 e. The number of amides is 1. The number of carbonyl (C=O) groups is 2. The summed E-state index contributed by atoms with van der Waals surface area (Å²) in [5.41, 5.74) is 1.52. The van der Waals surface area contributed by atoms with E-state index < -0.39 is 11.9 Å². The molecule has 4 rings (SSSR count). The summed E-state index contributed by atoms with van der Waals surface area (Å²) >= 11 is 6.09. The molecule has 1 saturated heterocycles. The Morgan fingerprint density at radius 1 is 0.935 bits per heavy atom. The number of halogens is 1. The van der Waals surface area contributed by atoms with Gasteiger partial charge in [-0.25, -0.2) is 4.79 Å². The molecule has 2 N–H and O–H groups in total. The number of carboxylic acid groups (broad SMARTS) is 1. The van der Waals surface area contributed by atoms with Crippen LogP contribution < -0.4 is 10.2 Å². The Hall–Kier alpha value is -2.57. The van der Waals surface area contributed by atoms with Crippen LogP contribution in [0.4, 0.5) is 11.4 Å². The predicted octanol–water partition coefficient (Wildman–Crippen LogP) is 4.75. The van der Waals surface area contributed by atoms with Gasteiger partial charge in [-0.3, -0.25) is 9.69 Å². The highest BCUT2D eigenvalue weighted by atomic mass is 35.5. The van der Waals surface area contributed by atoms with Gasteiger partial charge in [-0.15, -0.1) is 0 Å². The third kappa shape index (κ3) is 5.02. The van der Waals surface area contributed by atoms with Gasteiger partial charge in [0.15, 0.2) is 0 Å². The van der Waals surface area contributed by atoms with Crippen LogP contribution in [0.3, 0.4) is 0 Å². The standard InChI is InChI=1S/C24H28ClN3O3/c25-21-9-5-4-8-19(21)23(29)26-22-11-10-18(16-20(22)24(30)31)28-14-12-27(13-15-28)17-6-2-1-3-7-17/h4-5,8-11,16-17H,1-3,6-7,12-15H2,(H,26,29)(H,30,31). The number of benzene rings is 2. The number of hydrogen-bond donors (Lipinski definition) is 2. The van der Waals surface area contributed by atoms with Crippen LogP contribution in [0.15, 0.2) is 42.5 Å². The monoisotopic (exact) mass is 441 g/mol. The Bertz CT molecular complexity index is 951. The van der Waals surface area contributed by atoms with E-state index in [0.29, 0.717) is 16.6 Å². The van der Waals surface area contributed by atoms with E-state index in [1.165, 1.54) is 32.1 Å². The van der Waals surface area contributed by atoms with Crippen molar-refractivity contribution < 1.29 is 14.7 Å². The normalized spacial score (nSPS) is 18.0. The summed E-state index contributed by atoms with van der Waals surface area (Å²) in [5.74, 6) is -1.50. The topological polar surface area (TPSA) is 72.9 Å². The minimum atomic E-state index is -1.07. The number of hydrogen-bond acceptors (Lipinski definition) is 4. The second kappa shape index (κ2) is 9.71. The lowest BCUT2D eigenvalue weighted by atomic mass is 9.94. The van der Waals surface area contributed by atoms with Crippen molar-refractivity contribution in [3.05, 3.63) is 58.6 Å². The Labute approximate surface area is 187 Å². The van der Waals surface area contributed by atoms with Crippen LogP contribution >= 0.6 is 11.6 Å². The second-order valence-electron chi connectivity index (χ2n) is 8.28. The van der Waals surface area contributed by atoms with Gasteiger partial charge >= 0.3 is 5.97 Å². The first-order valence-electron chi connectivity index (χ1n) is 10.9. The van der Waals surface area contributed by atoms with E-state index in [1.54, 1.807) is 36.4 Å². The fourth-order valence-electron chi connectivity index (χ4n) is 4.64. The summed E-state index contributed by atoms with van der Waals surface area (Å²) in [6.07, 6.45) is 6.60. The Morgan fingerprint density at radius 3 is 2.32 bits per heavy atom. The largest absolute Gasteiger partial charge is 0.478 e. The number of aromatic carboxylic acids is 1. The molecule has 2 aromatic carbocycles. The van der Waals surface area contributed by atoms with Crippen LogP contribution in [-0.2, 0) is 0 Å². The zero-order valence-electron chi connectivity index (χ0n) is 17.5. The van der Waals surface area contributed by atoms with Gasteiger partial charge in [-0.05, 0) is 43.2 Å². The van der Waals surface area contributed by atoms with Gasteiger partial charge in [0.1, 0.15) is 0 Å². The molecule has 1 aliphatic carbocycles.